The third kappa shape index (κ3) is 4.69. The van der Waals surface area contributed by atoms with E-state index in [2.05, 4.69) is 25.8 Å². The second-order valence-electron chi connectivity index (χ2n) is 6.96. The number of hydrogen-bond donors (Lipinski definition) is 3. The molecule has 2 amide bonds. The number of benzene rings is 2. The number of H-pyrrole nitrogens is 1. The third-order valence-corrected chi connectivity index (χ3v) is 4.86. The summed E-state index contributed by atoms with van der Waals surface area (Å²) in [6, 6.07) is 16.9. The first kappa shape index (κ1) is 20.1. The van der Waals surface area contributed by atoms with E-state index in [9.17, 15) is 9.59 Å². The summed E-state index contributed by atoms with van der Waals surface area (Å²) >= 11 is 0. The lowest BCUT2D eigenvalue weighted by Gasteiger charge is -2.09. The molecule has 2 aromatic heterocycles. The maximum Gasteiger partial charge on any atom is 0.258 e. The Morgan fingerprint density at radius 3 is 2.65 bits per heavy atom. The maximum absolute atomic E-state index is 13.0. The number of aromatic amines is 1. The zero-order valence-corrected chi connectivity index (χ0v) is 17.0. The van der Waals surface area contributed by atoms with E-state index >= 15 is 0 Å². The molecule has 31 heavy (non-hydrogen) atoms. The van der Waals surface area contributed by atoms with Gasteiger partial charge in [-0.3, -0.25) is 24.6 Å². The number of amides is 2. The van der Waals surface area contributed by atoms with Crippen LogP contribution in [0.5, 0.6) is 0 Å². The monoisotopic (exact) mass is 414 g/mol. The van der Waals surface area contributed by atoms with Gasteiger partial charge in [0.05, 0.1) is 11.9 Å². The van der Waals surface area contributed by atoms with E-state index in [1.54, 1.807) is 25.5 Å². The van der Waals surface area contributed by atoms with Crippen LogP contribution in [0.3, 0.4) is 0 Å². The fourth-order valence-corrected chi connectivity index (χ4v) is 3.21. The quantitative estimate of drug-likeness (QED) is 0.432. The van der Waals surface area contributed by atoms with Crippen LogP contribution in [0.4, 0.5) is 5.95 Å². The molecule has 0 atom stereocenters. The lowest BCUT2D eigenvalue weighted by atomic mass is 10.1. The fourth-order valence-electron chi connectivity index (χ4n) is 3.21. The first-order valence-electron chi connectivity index (χ1n) is 9.89. The van der Waals surface area contributed by atoms with Crippen molar-refractivity contribution in [3.05, 3.63) is 84.4 Å². The summed E-state index contributed by atoms with van der Waals surface area (Å²) in [5, 5.41) is 12.3. The smallest absolute Gasteiger partial charge is 0.258 e. The van der Waals surface area contributed by atoms with Crippen molar-refractivity contribution in [2.24, 2.45) is 0 Å². The molecule has 0 aliphatic heterocycles. The first-order valence-corrected chi connectivity index (χ1v) is 9.89. The van der Waals surface area contributed by atoms with E-state index in [0.717, 1.165) is 22.5 Å². The Hall–Kier alpha value is -4.20. The van der Waals surface area contributed by atoms with Gasteiger partial charge in [-0.05, 0) is 29.8 Å². The molecule has 0 aliphatic rings. The highest BCUT2D eigenvalue weighted by atomic mass is 16.2. The summed E-state index contributed by atoms with van der Waals surface area (Å²) in [5.74, 6) is 0.0682. The van der Waals surface area contributed by atoms with E-state index < -0.39 is 0 Å². The second-order valence-corrected chi connectivity index (χ2v) is 6.96. The fraction of sp³-hybridized carbons (Fsp3) is 0.130. The molecular formula is C23H22N6O2. The van der Waals surface area contributed by atoms with Gasteiger partial charge in [0.25, 0.3) is 5.91 Å². The van der Waals surface area contributed by atoms with Crippen molar-refractivity contribution in [2.45, 2.75) is 12.8 Å². The molecule has 0 unspecified atom stereocenters. The van der Waals surface area contributed by atoms with Gasteiger partial charge in [-0.25, -0.2) is 4.98 Å². The third-order valence-electron chi connectivity index (χ3n) is 4.86. The molecular weight excluding hydrogens is 392 g/mol. The highest BCUT2D eigenvalue weighted by molar-refractivity contribution is 6.04. The maximum atomic E-state index is 13.0. The molecule has 0 fully saturated rings. The van der Waals surface area contributed by atoms with Gasteiger partial charge in [-0.1, -0.05) is 30.3 Å². The van der Waals surface area contributed by atoms with Crippen molar-refractivity contribution in [1.82, 2.24) is 25.1 Å². The van der Waals surface area contributed by atoms with Crippen molar-refractivity contribution in [3.63, 3.8) is 0 Å². The van der Waals surface area contributed by atoms with Crippen LogP contribution in [-0.4, -0.2) is 38.6 Å². The van der Waals surface area contributed by atoms with Crippen molar-refractivity contribution >= 4 is 17.8 Å². The predicted octanol–water partition coefficient (Wildman–Crippen LogP) is 3.19. The molecule has 4 rings (SSSR count). The molecule has 0 spiro atoms. The Morgan fingerprint density at radius 2 is 1.90 bits per heavy atom. The van der Waals surface area contributed by atoms with E-state index in [-0.39, 0.29) is 11.8 Å². The summed E-state index contributed by atoms with van der Waals surface area (Å²) in [6.07, 6.45) is 6.12. The lowest BCUT2D eigenvalue weighted by Crippen LogP contribution is -2.18. The zero-order chi connectivity index (χ0) is 21.6. The minimum absolute atomic E-state index is 0.0593. The lowest BCUT2D eigenvalue weighted by molar-refractivity contribution is -0.120. The minimum atomic E-state index is -0.272. The van der Waals surface area contributed by atoms with Crippen LogP contribution in [0.1, 0.15) is 22.5 Å². The SMILES string of the molecule is CNC(=O)CCc1cn(-c2ccccc2)c(NC(=O)c2cccc(-c3cn[nH]c3)c2)n1. The van der Waals surface area contributed by atoms with Crippen LogP contribution in [0, 0.1) is 0 Å². The number of para-hydroxylation sites is 1. The highest BCUT2D eigenvalue weighted by Crippen LogP contribution is 2.21. The molecule has 0 bridgehead atoms. The average molecular weight is 414 g/mol. The largest absolute Gasteiger partial charge is 0.359 e. The van der Waals surface area contributed by atoms with Gasteiger partial charge in [-0.2, -0.15) is 5.10 Å². The highest BCUT2D eigenvalue weighted by Gasteiger charge is 2.15. The number of anilines is 1. The molecule has 0 aliphatic carbocycles. The second kappa shape index (κ2) is 9.08. The minimum Gasteiger partial charge on any atom is -0.359 e. The molecule has 156 valence electrons. The molecule has 0 saturated carbocycles. The number of aryl methyl sites for hydroxylation is 1. The van der Waals surface area contributed by atoms with Gasteiger partial charge in [0.15, 0.2) is 0 Å². The van der Waals surface area contributed by atoms with Crippen molar-refractivity contribution in [3.8, 4) is 16.8 Å². The Kier molecular flexibility index (Phi) is 5.89. The van der Waals surface area contributed by atoms with E-state index in [1.165, 1.54) is 0 Å². The summed E-state index contributed by atoms with van der Waals surface area (Å²) in [6.45, 7) is 0. The number of nitrogens with one attached hydrogen (secondary N) is 3. The number of rotatable bonds is 7. The number of carbonyl (C=O) groups excluding carboxylic acids is 2. The van der Waals surface area contributed by atoms with Gasteiger partial charge < -0.3 is 5.32 Å². The van der Waals surface area contributed by atoms with Crippen LogP contribution in [0.25, 0.3) is 16.8 Å². The van der Waals surface area contributed by atoms with Crippen LogP contribution in [0.15, 0.2) is 73.2 Å². The Labute approximate surface area is 179 Å². The Morgan fingerprint density at radius 1 is 1.06 bits per heavy atom. The van der Waals surface area contributed by atoms with Crippen LogP contribution >= 0.6 is 0 Å². The molecule has 2 heterocycles. The zero-order valence-electron chi connectivity index (χ0n) is 17.0. The normalized spacial score (nSPS) is 10.6. The van der Waals surface area contributed by atoms with Gasteiger partial charge in [0.1, 0.15) is 0 Å². The Balaban J connectivity index is 1.61. The van der Waals surface area contributed by atoms with Gasteiger partial charge in [0, 0.05) is 49.1 Å². The molecule has 0 radical (unpaired) electrons. The number of aromatic nitrogens is 4. The number of nitrogens with zero attached hydrogens (tertiary/aromatic N) is 3. The standard InChI is InChI=1S/C23H22N6O2/c1-24-21(30)11-10-19-15-29(20-8-3-2-4-9-20)23(27-19)28-22(31)17-7-5-6-16(12-17)18-13-25-26-14-18/h2-9,12-15H,10-11H2,1H3,(H,24,30)(H,25,26)(H,27,28,31). The molecule has 3 N–H and O–H groups in total. The van der Waals surface area contributed by atoms with E-state index in [4.69, 9.17) is 0 Å². The molecule has 0 saturated heterocycles. The summed E-state index contributed by atoms with van der Waals surface area (Å²) in [4.78, 5) is 29.2. The van der Waals surface area contributed by atoms with Crippen molar-refractivity contribution < 1.29 is 9.59 Å². The topological polar surface area (TPSA) is 105 Å². The van der Waals surface area contributed by atoms with E-state index in [1.807, 2.05) is 59.3 Å². The average Bonchev–Trinajstić information content (AvgIpc) is 3.48. The summed E-state index contributed by atoms with van der Waals surface area (Å²) in [7, 11) is 1.61. The Bertz CT molecular complexity index is 1180. The van der Waals surface area contributed by atoms with Crippen LogP contribution in [0.2, 0.25) is 0 Å². The van der Waals surface area contributed by atoms with Gasteiger partial charge in [-0.15, -0.1) is 0 Å². The molecule has 2 aromatic carbocycles. The van der Waals surface area contributed by atoms with Crippen LogP contribution < -0.4 is 10.6 Å². The number of hydrogen-bond acceptors (Lipinski definition) is 4. The van der Waals surface area contributed by atoms with Gasteiger partial charge >= 0.3 is 0 Å². The number of imidazole rings is 1. The van der Waals surface area contributed by atoms with E-state index in [0.29, 0.717) is 24.4 Å². The van der Waals surface area contributed by atoms with Crippen molar-refractivity contribution in [1.29, 1.82) is 0 Å². The van der Waals surface area contributed by atoms with Crippen molar-refractivity contribution in [2.75, 3.05) is 12.4 Å². The molecule has 8 nitrogen and oxygen atoms in total. The first-order chi connectivity index (χ1) is 15.1. The summed E-state index contributed by atoms with van der Waals surface area (Å²) in [5.41, 5.74) is 3.88. The predicted molar refractivity (Wildman–Crippen MR) is 118 cm³/mol. The molecule has 4 aromatic rings. The summed E-state index contributed by atoms with van der Waals surface area (Å²) < 4.78 is 1.82. The molecule has 8 heteroatoms. The van der Waals surface area contributed by atoms with Crippen LogP contribution in [-0.2, 0) is 11.2 Å². The number of carbonyl (C=O) groups is 2. The van der Waals surface area contributed by atoms with Gasteiger partial charge in [0.2, 0.25) is 11.9 Å².